The van der Waals surface area contributed by atoms with Crippen LogP contribution in [0.5, 0.6) is 11.5 Å². The Morgan fingerprint density at radius 3 is 2.50 bits per heavy atom. The molecule has 0 spiro atoms. The molecule has 158 valence electrons. The van der Waals surface area contributed by atoms with Gasteiger partial charge in [-0.25, -0.2) is 0 Å². The molecule has 0 aliphatic heterocycles. The maximum Gasteiger partial charge on any atom is 0.161 e. The number of nitrogens with zero attached hydrogens (tertiary/aromatic N) is 1. The Morgan fingerprint density at radius 1 is 1.17 bits per heavy atom. The maximum atomic E-state index is 11.6. The maximum absolute atomic E-state index is 11.6. The van der Waals surface area contributed by atoms with Gasteiger partial charge in [0, 0.05) is 6.42 Å². The van der Waals surface area contributed by atoms with Crippen molar-refractivity contribution in [2.75, 3.05) is 7.11 Å². The van der Waals surface area contributed by atoms with Crippen LogP contribution in [0, 0.1) is 17.2 Å². The van der Waals surface area contributed by atoms with Gasteiger partial charge >= 0.3 is 0 Å². The summed E-state index contributed by atoms with van der Waals surface area (Å²) in [5, 5.41) is 10.4. The molecule has 0 radical (unpaired) electrons. The topological polar surface area (TPSA) is 59.3 Å². The van der Waals surface area contributed by atoms with Crippen LogP contribution in [0.2, 0.25) is 0 Å². The summed E-state index contributed by atoms with van der Waals surface area (Å²) in [5.41, 5.74) is 1.24. The van der Waals surface area contributed by atoms with Gasteiger partial charge in [-0.2, -0.15) is 5.26 Å². The van der Waals surface area contributed by atoms with E-state index in [2.05, 4.69) is 18.2 Å². The number of hydrogen-bond acceptors (Lipinski definition) is 4. The summed E-state index contributed by atoms with van der Waals surface area (Å²) >= 11 is 0. The van der Waals surface area contributed by atoms with Crippen molar-refractivity contribution < 1.29 is 14.3 Å². The van der Waals surface area contributed by atoms with E-state index in [9.17, 15) is 10.1 Å². The molecule has 1 fully saturated rings. The Balaban J connectivity index is 1.99. The average Bonchev–Trinajstić information content (AvgIpc) is 3.29. The van der Waals surface area contributed by atoms with Gasteiger partial charge in [-0.3, -0.25) is 0 Å². The third kappa shape index (κ3) is 4.67. The number of carbonyl (C=O) groups excluding carboxylic acids is 1. The molecule has 1 saturated carbocycles. The number of hydrogen-bond donors (Lipinski definition) is 0. The number of aldehydes is 1. The number of carbonyl (C=O) groups is 1. The van der Waals surface area contributed by atoms with Crippen molar-refractivity contribution in [2.24, 2.45) is 5.92 Å². The standard InChI is InChI=1S/C26H31NO3/c1-3-26(19-27,22(15-16-28)17-20-9-5-4-6-10-20)21-13-14-24(29-2)25(18-21)30-23-11-7-8-12-23/h4-6,9-10,13-14,16,18,22-23H,3,7-8,11-12,15,17H2,1-2H3. The molecule has 0 amide bonds. The van der Waals surface area contributed by atoms with Gasteiger partial charge in [0.1, 0.15) is 6.29 Å². The minimum Gasteiger partial charge on any atom is -0.493 e. The fourth-order valence-corrected chi connectivity index (χ4v) is 4.67. The first-order valence-electron chi connectivity index (χ1n) is 10.9. The Labute approximate surface area is 179 Å². The number of benzene rings is 2. The zero-order valence-corrected chi connectivity index (χ0v) is 18.0. The van der Waals surface area contributed by atoms with Crippen LogP contribution in [0.15, 0.2) is 48.5 Å². The highest BCUT2D eigenvalue weighted by molar-refractivity contribution is 5.53. The van der Waals surface area contributed by atoms with E-state index in [0.717, 1.165) is 30.3 Å². The molecule has 2 aromatic rings. The first-order chi connectivity index (χ1) is 14.7. The zero-order chi connectivity index (χ0) is 21.4. The lowest BCUT2D eigenvalue weighted by molar-refractivity contribution is -0.109. The van der Waals surface area contributed by atoms with Gasteiger partial charge in [0.25, 0.3) is 0 Å². The Bertz CT molecular complexity index is 868. The Kier molecular flexibility index (Phi) is 7.52. The SMILES string of the molecule is CCC(C#N)(c1ccc(OC)c(OC2CCCC2)c1)C(CC=O)Cc1ccccc1. The lowest BCUT2D eigenvalue weighted by atomic mass is 9.66. The van der Waals surface area contributed by atoms with Gasteiger partial charge in [0.2, 0.25) is 0 Å². The average molecular weight is 406 g/mol. The monoisotopic (exact) mass is 405 g/mol. The van der Waals surface area contributed by atoms with Crippen molar-refractivity contribution in [3.63, 3.8) is 0 Å². The van der Waals surface area contributed by atoms with Crippen LogP contribution in [-0.2, 0) is 16.6 Å². The highest BCUT2D eigenvalue weighted by Gasteiger charge is 2.40. The van der Waals surface area contributed by atoms with Crippen molar-refractivity contribution >= 4 is 6.29 Å². The number of ether oxygens (including phenoxy) is 2. The van der Waals surface area contributed by atoms with Crippen molar-refractivity contribution in [3.8, 4) is 17.6 Å². The summed E-state index contributed by atoms with van der Waals surface area (Å²) in [6, 6.07) is 18.5. The molecule has 1 aliphatic carbocycles. The second-order valence-corrected chi connectivity index (χ2v) is 8.12. The molecular formula is C26H31NO3. The predicted molar refractivity (Wildman–Crippen MR) is 118 cm³/mol. The normalized spacial score (nSPS) is 17.0. The number of nitriles is 1. The minimum absolute atomic E-state index is 0.125. The molecule has 0 heterocycles. The summed E-state index contributed by atoms with van der Waals surface area (Å²) in [4.78, 5) is 11.6. The molecule has 2 unspecified atom stereocenters. The largest absolute Gasteiger partial charge is 0.493 e. The third-order valence-corrected chi connectivity index (χ3v) is 6.43. The van der Waals surface area contributed by atoms with Gasteiger partial charge in [-0.05, 0) is 67.7 Å². The molecular weight excluding hydrogens is 374 g/mol. The molecule has 0 N–H and O–H groups in total. The van der Waals surface area contributed by atoms with E-state index in [-0.39, 0.29) is 12.0 Å². The Hall–Kier alpha value is -2.80. The summed E-state index contributed by atoms with van der Waals surface area (Å²) in [6.45, 7) is 2.02. The lowest BCUT2D eigenvalue weighted by Gasteiger charge is -2.34. The molecule has 0 bridgehead atoms. The van der Waals surface area contributed by atoms with Crippen LogP contribution < -0.4 is 9.47 Å². The fraction of sp³-hybridized carbons (Fsp3) is 0.462. The van der Waals surface area contributed by atoms with Crippen LogP contribution in [0.25, 0.3) is 0 Å². The van der Waals surface area contributed by atoms with Crippen molar-refractivity contribution in [2.45, 2.75) is 63.4 Å². The molecule has 0 saturated heterocycles. The quantitative estimate of drug-likeness (QED) is 0.480. The smallest absolute Gasteiger partial charge is 0.161 e. The van der Waals surface area contributed by atoms with E-state index in [4.69, 9.17) is 9.47 Å². The van der Waals surface area contributed by atoms with Crippen molar-refractivity contribution in [1.82, 2.24) is 0 Å². The Morgan fingerprint density at radius 2 is 1.90 bits per heavy atom. The first kappa shape index (κ1) is 21.9. The molecule has 2 aromatic carbocycles. The van der Waals surface area contributed by atoms with E-state index in [1.807, 2.05) is 43.3 Å². The van der Waals surface area contributed by atoms with E-state index in [0.29, 0.717) is 30.8 Å². The molecule has 3 rings (SSSR count). The van der Waals surface area contributed by atoms with E-state index < -0.39 is 5.41 Å². The van der Waals surface area contributed by atoms with Crippen molar-refractivity contribution in [1.29, 1.82) is 5.26 Å². The van der Waals surface area contributed by atoms with Crippen LogP contribution in [-0.4, -0.2) is 19.5 Å². The zero-order valence-electron chi connectivity index (χ0n) is 18.0. The van der Waals surface area contributed by atoms with Crippen molar-refractivity contribution in [3.05, 3.63) is 59.7 Å². The third-order valence-electron chi connectivity index (χ3n) is 6.43. The van der Waals surface area contributed by atoms with Gasteiger partial charge in [-0.15, -0.1) is 0 Å². The van der Waals surface area contributed by atoms with Gasteiger partial charge in [-0.1, -0.05) is 43.3 Å². The minimum atomic E-state index is -0.781. The molecule has 4 nitrogen and oxygen atoms in total. The second kappa shape index (κ2) is 10.3. The van der Waals surface area contributed by atoms with E-state index in [1.54, 1.807) is 7.11 Å². The molecule has 2 atom stereocenters. The van der Waals surface area contributed by atoms with Gasteiger partial charge < -0.3 is 14.3 Å². The molecule has 30 heavy (non-hydrogen) atoms. The second-order valence-electron chi connectivity index (χ2n) is 8.12. The van der Waals surface area contributed by atoms with Crippen LogP contribution in [0.1, 0.15) is 56.6 Å². The van der Waals surface area contributed by atoms with Crippen LogP contribution in [0.4, 0.5) is 0 Å². The van der Waals surface area contributed by atoms with Crippen LogP contribution in [0.3, 0.4) is 0 Å². The number of methoxy groups -OCH3 is 1. The number of rotatable bonds is 10. The lowest BCUT2D eigenvalue weighted by Crippen LogP contribution is -2.35. The van der Waals surface area contributed by atoms with E-state index in [1.165, 1.54) is 12.8 Å². The molecule has 0 aromatic heterocycles. The summed E-state index contributed by atoms with van der Waals surface area (Å²) in [6.07, 6.45) is 7.22. The summed E-state index contributed by atoms with van der Waals surface area (Å²) < 4.78 is 11.8. The summed E-state index contributed by atoms with van der Waals surface area (Å²) in [7, 11) is 1.64. The highest BCUT2D eigenvalue weighted by Crippen LogP contribution is 2.43. The van der Waals surface area contributed by atoms with Crippen LogP contribution >= 0.6 is 0 Å². The fourth-order valence-electron chi connectivity index (χ4n) is 4.67. The first-order valence-corrected chi connectivity index (χ1v) is 10.9. The van der Waals surface area contributed by atoms with Gasteiger partial charge in [0.05, 0.1) is 24.7 Å². The molecule has 1 aliphatic rings. The highest BCUT2D eigenvalue weighted by atomic mass is 16.5. The van der Waals surface area contributed by atoms with E-state index >= 15 is 0 Å². The van der Waals surface area contributed by atoms with Gasteiger partial charge in [0.15, 0.2) is 11.5 Å². The summed E-state index contributed by atoms with van der Waals surface area (Å²) in [5.74, 6) is 1.25. The predicted octanol–water partition coefficient (Wildman–Crippen LogP) is 5.64. The molecule has 4 heteroatoms.